The lowest BCUT2D eigenvalue weighted by atomic mass is 10.1. The van der Waals surface area contributed by atoms with Crippen LogP contribution in [0.15, 0.2) is 47.8 Å². The first kappa shape index (κ1) is 20.2. The number of aromatic nitrogens is 2. The van der Waals surface area contributed by atoms with Gasteiger partial charge in [0.05, 0.1) is 10.3 Å². The molecule has 4 heterocycles. The van der Waals surface area contributed by atoms with Gasteiger partial charge in [-0.05, 0) is 36.4 Å². The van der Waals surface area contributed by atoms with Gasteiger partial charge in [0.1, 0.15) is 16.5 Å². The minimum Gasteiger partial charge on any atom is -0.352 e. The van der Waals surface area contributed by atoms with Crippen molar-refractivity contribution in [1.29, 1.82) is 0 Å². The van der Waals surface area contributed by atoms with Crippen LogP contribution >= 0.6 is 22.7 Å². The Hall–Kier alpha value is -2.77. The van der Waals surface area contributed by atoms with Gasteiger partial charge in [0, 0.05) is 37.5 Å². The van der Waals surface area contributed by atoms with E-state index in [1.165, 1.54) is 27.3 Å². The molecule has 0 bridgehead atoms. The van der Waals surface area contributed by atoms with E-state index in [2.05, 4.69) is 43.0 Å². The quantitative estimate of drug-likeness (QED) is 0.445. The number of carbonyl (C=O) groups excluding carboxylic acids is 1. The van der Waals surface area contributed by atoms with Crippen LogP contribution in [0.5, 0.6) is 0 Å². The predicted molar refractivity (Wildman–Crippen MR) is 129 cm³/mol. The fraction of sp³-hybridized carbons (Fsp3) is 0.292. The van der Waals surface area contributed by atoms with Crippen molar-refractivity contribution in [3.63, 3.8) is 0 Å². The minimum absolute atomic E-state index is 0.134. The van der Waals surface area contributed by atoms with Gasteiger partial charge in [0.2, 0.25) is 0 Å². The third-order valence-corrected chi connectivity index (χ3v) is 7.82. The van der Waals surface area contributed by atoms with E-state index in [9.17, 15) is 4.79 Å². The third-order valence-electron chi connectivity index (χ3n) is 5.86. The molecule has 1 saturated heterocycles. The molecule has 0 aliphatic carbocycles. The van der Waals surface area contributed by atoms with Crippen LogP contribution in [-0.4, -0.2) is 47.0 Å². The van der Waals surface area contributed by atoms with Gasteiger partial charge in [-0.25, -0.2) is 9.97 Å². The number of benzene rings is 1. The molecule has 5 nitrogen and oxygen atoms in total. The predicted octanol–water partition coefficient (Wildman–Crippen LogP) is 4.92. The molecule has 0 radical (unpaired) electrons. The maximum absolute atomic E-state index is 12.7. The molecule has 4 aromatic rings. The summed E-state index contributed by atoms with van der Waals surface area (Å²) in [7, 11) is 0. The number of carbonyl (C=O) groups is 1. The molecule has 0 saturated carbocycles. The fourth-order valence-corrected chi connectivity index (χ4v) is 5.77. The number of piperazine rings is 1. The standard InChI is InChI=1S/C24H24N4OS2/c1-16-17(2)31-23-21(16)22(25-20(26-23)15-18-7-4-3-5-8-18)27-10-12-28(13-11-27)24(29)19-9-6-14-30-19/h3-9,14H,10-13,15H2,1-2H3. The van der Waals surface area contributed by atoms with Crippen molar-refractivity contribution in [1.82, 2.24) is 14.9 Å². The SMILES string of the molecule is Cc1sc2nc(Cc3ccccc3)nc(N3CCN(C(=O)c4cccs4)CC3)c2c1C. The average Bonchev–Trinajstić information content (AvgIpc) is 3.42. The van der Waals surface area contributed by atoms with Crippen LogP contribution in [0.3, 0.4) is 0 Å². The molecule has 158 valence electrons. The van der Waals surface area contributed by atoms with Crippen LogP contribution in [0.4, 0.5) is 5.82 Å². The topological polar surface area (TPSA) is 49.3 Å². The molecule has 0 atom stereocenters. The molecule has 1 aliphatic rings. The molecule has 0 spiro atoms. The molecule has 31 heavy (non-hydrogen) atoms. The lowest BCUT2D eigenvalue weighted by Gasteiger charge is -2.35. The highest BCUT2D eigenvalue weighted by molar-refractivity contribution is 7.18. The van der Waals surface area contributed by atoms with E-state index in [0.717, 1.165) is 46.2 Å². The van der Waals surface area contributed by atoms with Crippen LogP contribution in [-0.2, 0) is 6.42 Å². The first-order valence-corrected chi connectivity index (χ1v) is 12.2. The monoisotopic (exact) mass is 448 g/mol. The van der Waals surface area contributed by atoms with Crippen molar-refractivity contribution in [2.75, 3.05) is 31.1 Å². The van der Waals surface area contributed by atoms with Gasteiger partial charge in [-0.3, -0.25) is 4.79 Å². The van der Waals surface area contributed by atoms with E-state index < -0.39 is 0 Å². The van der Waals surface area contributed by atoms with Crippen LogP contribution < -0.4 is 4.90 Å². The van der Waals surface area contributed by atoms with Crippen molar-refractivity contribution in [3.05, 3.63) is 74.6 Å². The summed E-state index contributed by atoms with van der Waals surface area (Å²) in [5.74, 6) is 2.00. The van der Waals surface area contributed by atoms with Gasteiger partial charge in [0.25, 0.3) is 5.91 Å². The highest BCUT2D eigenvalue weighted by atomic mass is 32.1. The molecule has 0 N–H and O–H groups in total. The number of rotatable bonds is 4. The molecule has 5 rings (SSSR count). The summed E-state index contributed by atoms with van der Waals surface area (Å²) < 4.78 is 0. The second-order valence-electron chi connectivity index (χ2n) is 7.85. The molecule has 1 fully saturated rings. The van der Waals surface area contributed by atoms with Crippen molar-refractivity contribution < 1.29 is 4.79 Å². The van der Waals surface area contributed by atoms with Gasteiger partial charge in [0.15, 0.2) is 0 Å². The second-order valence-corrected chi connectivity index (χ2v) is 10.00. The highest BCUT2D eigenvalue weighted by Gasteiger charge is 2.26. The summed E-state index contributed by atoms with van der Waals surface area (Å²) in [4.78, 5) is 30.1. The number of hydrogen-bond acceptors (Lipinski definition) is 6. The Labute approximate surface area is 190 Å². The number of aryl methyl sites for hydroxylation is 2. The van der Waals surface area contributed by atoms with Crippen molar-refractivity contribution >= 4 is 44.6 Å². The van der Waals surface area contributed by atoms with E-state index in [1.54, 1.807) is 11.3 Å². The molecular weight excluding hydrogens is 424 g/mol. The largest absolute Gasteiger partial charge is 0.352 e. The second kappa shape index (κ2) is 8.40. The van der Waals surface area contributed by atoms with Gasteiger partial charge in [-0.15, -0.1) is 22.7 Å². The Kier molecular flexibility index (Phi) is 5.46. The van der Waals surface area contributed by atoms with E-state index in [1.807, 2.05) is 28.5 Å². The Morgan fingerprint density at radius 1 is 1.00 bits per heavy atom. The van der Waals surface area contributed by atoms with Crippen molar-refractivity contribution in [2.24, 2.45) is 0 Å². The zero-order valence-corrected chi connectivity index (χ0v) is 19.3. The molecule has 7 heteroatoms. The first-order valence-electron chi connectivity index (χ1n) is 10.5. The van der Waals surface area contributed by atoms with Crippen LogP contribution in [0.1, 0.15) is 31.5 Å². The Bertz CT molecular complexity index is 1210. The summed E-state index contributed by atoms with van der Waals surface area (Å²) in [6.07, 6.45) is 0.719. The summed E-state index contributed by atoms with van der Waals surface area (Å²) in [5, 5.41) is 3.12. The maximum atomic E-state index is 12.7. The van der Waals surface area contributed by atoms with Crippen LogP contribution in [0, 0.1) is 13.8 Å². The Morgan fingerprint density at radius 2 is 1.77 bits per heavy atom. The van der Waals surface area contributed by atoms with E-state index in [4.69, 9.17) is 9.97 Å². The first-order chi connectivity index (χ1) is 15.1. The minimum atomic E-state index is 0.134. The summed E-state index contributed by atoms with van der Waals surface area (Å²) in [6, 6.07) is 14.2. The lowest BCUT2D eigenvalue weighted by molar-refractivity contribution is 0.0751. The fourth-order valence-electron chi connectivity index (χ4n) is 4.04. The number of amides is 1. The number of anilines is 1. The molecule has 3 aromatic heterocycles. The number of hydrogen-bond donors (Lipinski definition) is 0. The van der Waals surface area contributed by atoms with Gasteiger partial charge in [-0.2, -0.15) is 0 Å². The number of thiophene rings is 2. The normalized spacial score (nSPS) is 14.4. The van der Waals surface area contributed by atoms with Gasteiger partial charge >= 0.3 is 0 Å². The molecule has 0 unspecified atom stereocenters. The summed E-state index contributed by atoms with van der Waals surface area (Å²) in [6.45, 7) is 7.29. The maximum Gasteiger partial charge on any atom is 0.264 e. The zero-order valence-electron chi connectivity index (χ0n) is 17.7. The van der Waals surface area contributed by atoms with Gasteiger partial charge in [-0.1, -0.05) is 36.4 Å². The molecule has 1 aliphatic heterocycles. The Balaban J connectivity index is 1.44. The molecule has 1 aromatic carbocycles. The highest BCUT2D eigenvalue weighted by Crippen LogP contribution is 2.35. The van der Waals surface area contributed by atoms with Gasteiger partial charge < -0.3 is 9.80 Å². The number of fused-ring (bicyclic) bond motifs is 1. The van der Waals surface area contributed by atoms with Crippen molar-refractivity contribution in [2.45, 2.75) is 20.3 Å². The molecular formula is C24H24N4OS2. The summed E-state index contributed by atoms with van der Waals surface area (Å²) >= 11 is 3.25. The lowest BCUT2D eigenvalue weighted by Crippen LogP contribution is -2.49. The van der Waals surface area contributed by atoms with Crippen LogP contribution in [0.25, 0.3) is 10.2 Å². The van der Waals surface area contributed by atoms with E-state index in [-0.39, 0.29) is 5.91 Å². The molecule has 1 amide bonds. The average molecular weight is 449 g/mol. The van der Waals surface area contributed by atoms with Crippen molar-refractivity contribution in [3.8, 4) is 0 Å². The Morgan fingerprint density at radius 3 is 2.48 bits per heavy atom. The third kappa shape index (κ3) is 3.95. The number of nitrogens with zero attached hydrogens (tertiary/aromatic N) is 4. The van der Waals surface area contributed by atoms with E-state index in [0.29, 0.717) is 13.1 Å². The van der Waals surface area contributed by atoms with Crippen LogP contribution in [0.2, 0.25) is 0 Å². The van der Waals surface area contributed by atoms with E-state index >= 15 is 0 Å². The zero-order chi connectivity index (χ0) is 21.4. The summed E-state index contributed by atoms with van der Waals surface area (Å²) in [5.41, 5.74) is 2.47. The smallest absolute Gasteiger partial charge is 0.264 e.